The van der Waals surface area contributed by atoms with Crippen LogP contribution in [0.25, 0.3) is 11.6 Å². The lowest BCUT2D eigenvalue weighted by atomic mass is 10.1. The summed E-state index contributed by atoms with van der Waals surface area (Å²) in [5.41, 5.74) is 6.85. The maximum atomic E-state index is 9.47. The SMILES string of the molecule is CCCOc1cccc(C=C(C#N)c2nc(N)nc(N(C)C)n2)c1. The standard InChI is InChI=1S/C17H20N6O/c1-4-8-24-14-7-5-6-12(10-14)9-13(11-18)15-20-16(19)22-17(21-15)23(2)3/h5-7,9-10H,4,8H2,1-3H3,(H2,19,20,21,22). The molecule has 1 aromatic heterocycles. The average molecular weight is 324 g/mol. The van der Waals surface area contributed by atoms with E-state index in [-0.39, 0.29) is 11.8 Å². The van der Waals surface area contributed by atoms with Gasteiger partial charge in [0.25, 0.3) is 0 Å². The van der Waals surface area contributed by atoms with Gasteiger partial charge in [-0.25, -0.2) is 0 Å². The van der Waals surface area contributed by atoms with E-state index in [0.717, 1.165) is 17.7 Å². The Bertz CT molecular complexity index is 779. The Morgan fingerprint density at radius 1 is 1.33 bits per heavy atom. The van der Waals surface area contributed by atoms with E-state index in [0.29, 0.717) is 18.1 Å². The Morgan fingerprint density at radius 2 is 2.12 bits per heavy atom. The lowest BCUT2D eigenvalue weighted by Crippen LogP contribution is -2.15. The van der Waals surface area contributed by atoms with E-state index < -0.39 is 0 Å². The molecule has 1 aromatic carbocycles. The second-order valence-corrected chi connectivity index (χ2v) is 5.30. The van der Waals surface area contributed by atoms with Crippen LogP contribution in [0, 0.1) is 11.3 Å². The summed E-state index contributed by atoms with van der Waals surface area (Å²) in [4.78, 5) is 14.1. The van der Waals surface area contributed by atoms with Crippen molar-refractivity contribution in [3.05, 3.63) is 35.7 Å². The van der Waals surface area contributed by atoms with Gasteiger partial charge in [-0.3, -0.25) is 0 Å². The molecule has 0 amide bonds. The molecule has 7 nitrogen and oxygen atoms in total. The zero-order valence-electron chi connectivity index (χ0n) is 14.0. The van der Waals surface area contributed by atoms with Crippen LogP contribution in [0.4, 0.5) is 11.9 Å². The smallest absolute Gasteiger partial charge is 0.230 e. The molecule has 2 rings (SSSR count). The molecular weight excluding hydrogens is 304 g/mol. The first kappa shape index (κ1) is 17.2. The molecule has 0 saturated heterocycles. The number of anilines is 2. The number of hydrogen-bond acceptors (Lipinski definition) is 7. The van der Waals surface area contributed by atoms with Crippen molar-refractivity contribution in [1.29, 1.82) is 5.26 Å². The molecule has 0 radical (unpaired) electrons. The number of benzene rings is 1. The number of nitrogens with zero attached hydrogens (tertiary/aromatic N) is 5. The van der Waals surface area contributed by atoms with Crippen LogP contribution >= 0.6 is 0 Å². The Kier molecular flexibility index (Phi) is 5.68. The van der Waals surface area contributed by atoms with Crippen LogP contribution in [0.15, 0.2) is 24.3 Å². The normalized spacial score (nSPS) is 11.0. The molecule has 0 spiro atoms. The minimum Gasteiger partial charge on any atom is -0.494 e. The largest absolute Gasteiger partial charge is 0.494 e. The van der Waals surface area contributed by atoms with Crippen molar-refractivity contribution < 1.29 is 4.74 Å². The summed E-state index contributed by atoms with van der Waals surface area (Å²) in [5, 5.41) is 9.47. The summed E-state index contributed by atoms with van der Waals surface area (Å²) in [6.07, 6.45) is 2.63. The third kappa shape index (κ3) is 4.43. The maximum absolute atomic E-state index is 9.47. The first-order chi connectivity index (χ1) is 11.5. The second kappa shape index (κ2) is 7.92. The molecule has 0 unspecified atom stereocenters. The summed E-state index contributed by atoms with van der Waals surface area (Å²) in [6.45, 7) is 2.69. The molecule has 0 aliphatic rings. The van der Waals surface area contributed by atoms with Crippen LogP contribution in [0.5, 0.6) is 5.75 Å². The highest BCUT2D eigenvalue weighted by Crippen LogP contribution is 2.20. The number of nitriles is 1. The van der Waals surface area contributed by atoms with Crippen molar-refractivity contribution in [3.63, 3.8) is 0 Å². The number of aromatic nitrogens is 3. The third-order valence-electron chi connectivity index (χ3n) is 3.04. The van der Waals surface area contributed by atoms with Crippen molar-refractivity contribution in [3.8, 4) is 11.8 Å². The fourth-order valence-electron chi connectivity index (χ4n) is 1.93. The molecule has 7 heteroatoms. The predicted octanol–water partition coefficient (Wildman–Crippen LogP) is 2.37. The Balaban J connectivity index is 2.38. The predicted molar refractivity (Wildman–Crippen MR) is 94.3 cm³/mol. The van der Waals surface area contributed by atoms with Gasteiger partial charge < -0.3 is 15.4 Å². The maximum Gasteiger partial charge on any atom is 0.230 e. The highest BCUT2D eigenvalue weighted by Gasteiger charge is 2.11. The monoisotopic (exact) mass is 324 g/mol. The first-order valence-electron chi connectivity index (χ1n) is 7.57. The summed E-state index contributed by atoms with van der Waals surface area (Å²) < 4.78 is 5.61. The van der Waals surface area contributed by atoms with Crippen molar-refractivity contribution in [2.75, 3.05) is 31.3 Å². The van der Waals surface area contributed by atoms with E-state index in [4.69, 9.17) is 10.5 Å². The van der Waals surface area contributed by atoms with Crippen LogP contribution in [0.3, 0.4) is 0 Å². The van der Waals surface area contributed by atoms with E-state index in [9.17, 15) is 5.26 Å². The van der Waals surface area contributed by atoms with Gasteiger partial charge in [0.1, 0.15) is 11.8 Å². The molecule has 1 heterocycles. The molecule has 2 aromatic rings. The van der Waals surface area contributed by atoms with Crippen LogP contribution in [-0.2, 0) is 0 Å². The minimum absolute atomic E-state index is 0.0740. The molecule has 0 atom stereocenters. The number of nitrogens with two attached hydrogens (primary N) is 1. The van der Waals surface area contributed by atoms with Crippen LogP contribution in [0.2, 0.25) is 0 Å². The Labute approximate surface area is 141 Å². The van der Waals surface area contributed by atoms with Gasteiger partial charge in [-0.1, -0.05) is 19.1 Å². The zero-order chi connectivity index (χ0) is 17.5. The van der Waals surface area contributed by atoms with Crippen LogP contribution in [0.1, 0.15) is 24.7 Å². The molecule has 2 N–H and O–H groups in total. The van der Waals surface area contributed by atoms with Gasteiger partial charge >= 0.3 is 0 Å². The molecule has 0 aliphatic carbocycles. The Morgan fingerprint density at radius 3 is 2.79 bits per heavy atom. The van der Waals surface area contributed by atoms with Crippen molar-refractivity contribution >= 4 is 23.5 Å². The Hall–Kier alpha value is -3.14. The summed E-state index contributed by atoms with van der Waals surface area (Å²) in [6, 6.07) is 9.62. The fourth-order valence-corrected chi connectivity index (χ4v) is 1.93. The van der Waals surface area contributed by atoms with Gasteiger partial charge in [-0.05, 0) is 30.2 Å². The minimum atomic E-state index is 0.0740. The summed E-state index contributed by atoms with van der Waals surface area (Å²) in [7, 11) is 3.59. The van der Waals surface area contributed by atoms with Gasteiger partial charge in [-0.2, -0.15) is 20.2 Å². The third-order valence-corrected chi connectivity index (χ3v) is 3.04. The average Bonchev–Trinajstić information content (AvgIpc) is 2.57. The van der Waals surface area contributed by atoms with E-state index in [1.165, 1.54) is 0 Å². The van der Waals surface area contributed by atoms with Crippen LogP contribution < -0.4 is 15.4 Å². The van der Waals surface area contributed by atoms with E-state index in [1.54, 1.807) is 25.1 Å². The molecule has 0 aliphatic heterocycles. The van der Waals surface area contributed by atoms with Gasteiger partial charge in [0.2, 0.25) is 11.9 Å². The summed E-state index contributed by atoms with van der Waals surface area (Å²) in [5.74, 6) is 1.48. The van der Waals surface area contributed by atoms with Crippen molar-refractivity contribution in [2.24, 2.45) is 0 Å². The number of ether oxygens (including phenoxy) is 1. The van der Waals surface area contributed by atoms with Gasteiger partial charge in [-0.15, -0.1) is 0 Å². The van der Waals surface area contributed by atoms with Crippen molar-refractivity contribution in [2.45, 2.75) is 13.3 Å². The van der Waals surface area contributed by atoms with E-state index in [1.807, 2.05) is 31.2 Å². The highest BCUT2D eigenvalue weighted by atomic mass is 16.5. The second-order valence-electron chi connectivity index (χ2n) is 5.30. The molecule has 0 saturated carbocycles. The molecule has 0 bridgehead atoms. The number of allylic oxidation sites excluding steroid dienone is 1. The molecule has 24 heavy (non-hydrogen) atoms. The number of hydrogen-bond donors (Lipinski definition) is 1. The molecule has 124 valence electrons. The number of nitrogen functional groups attached to an aromatic ring is 1. The highest BCUT2D eigenvalue weighted by molar-refractivity contribution is 5.87. The quantitative estimate of drug-likeness (QED) is 0.814. The van der Waals surface area contributed by atoms with E-state index >= 15 is 0 Å². The summed E-state index contributed by atoms with van der Waals surface area (Å²) >= 11 is 0. The first-order valence-corrected chi connectivity index (χ1v) is 7.57. The molecular formula is C17H20N6O. The van der Waals surface area contributed by atoms with Gasteiger partial charge in [0.05, 0.1) is 12.2 Å². The lowest BCUT2D eigenvalue weighted by Gasteiger charge is -2.11. The van der Waals surface area contributed by atoms with Gasteiger partial charge in [0.15, 0.2) is 5.82 Å². The van der Waals surface area contributed by atoms with Crippen LogP contribution in [-0.4, -0.2) is 35.7 Å². The molecule has 0 fully saturated rings. The zero-order valence-corrected chi connectivity index (χ0v) is 14.0. The van der Waals surface area contributed by atoms with E-state index in [2.05, 4.69) is 21.0 Å². The fraction of sp³-hybridized carbons (Fsp3) is 0.294. The topological polar surface area (TPSA) is 101 Å². The number of rotatable bonds is 6. The lowest BCUT2D eigenvalue weighted by molar-refractivity contribution is 0.317. The van der Waals surface area contributed by atoms with Gasteiger partial charge in [0, 0.05) is 14.1 Å². The van der Waals surface area contributed by atoms with Crippen molar-refractivity contribution in [1.82, 2.24) is 15.0 Å².